The van der Waals surface area contributed by atoms with Crippen LogP contribution in [0.5, 0.6) is 0 Å². The number of esters is 1. The molecule has 2 rings (SSSR count). The summed E-state index contributed by atoms with van der Waals surface area (Å²) in [5.74, 6) is -0.294. The predicted molar refractivity (Wildman–Crippen MR) is 73.4 cm³/mol. The number of thiophene rings is 1. The molecule has 2 aromatic rings. The van der Waals surface area contributed by atoms with Crippen molar-refractivity contribution in [2.75, 3.05) is 6.61 Å². The number of hydrogen-bond donors (Lipinski definition) is 1. The van der Waals surface area contributed by atoms with Crippen LogP contribution < -0.4 is 5.73 Å². The maximum atomic E-state index is 11.9. The van der Waals surface area contributed by atoms with E-state index >= 15 is 0 Å². The maximum Gasteiger partial charge on any atom is 0.339 e. The number of hydrogen-bond acceptors (Lipinski definition) is 4. The second-order valence-corrected chi connectivity index (χ2v) is 5.52. The van der Waals surface area contributed by atoms with Gasteiger partial charge in [0.05, 0.1) is 12.2 Å². The Kier molecular flexibility index (Phi) is 3.81. The molecule has 90 valence electrons. The molecular weight excluding hydrogens is 302 g/mol. The van der Waals surface area contributed by atoms with Crippen LogP contribution in [0.25, 0.3) is 10.1 Å². The van der Waals surface area contributed by atoms with Crippen molar-refractivity contribution in [2.24, 2.45) is 5.73 Å². The Morgan fingerprint density at radius 2 is 2.29 bits per heavy atom. The first-order chi connectivity index (χ1) is 8.17. The average molecular weight is 314 g/mol. The molecule has 0 radical (unpaired) electrons. The number of nitrogens with two attached hydrogens (primary N) is 1. The summed E-state index contributed by atoms with van der Waals surface area (Å²) in [5.41, 5.74) is 6.28. The average Bonchev–Trinajstić information content (AvgIpc) is 2.66. The molecule has 0 unspecified atom stereocenters. The van der Waals surface area contributed by atoms with Gasteiger partial charge >= 0.3 is 5.97 Å². The van der Waals surface area contributed by atoms with Crippen molar-refractivity contribution >= 4 is 43.3 Å². The SMILES string of the molecule is CCOC(=O)c1c(CN)sc2ccc(Br)cc12. The largest absolute Gasteiger partial charge is 0.462 e. The van der Waals surface area contributed by atoms with Crippen LogP contribution in [-0.4, -0.2) is 12.6 Å². The molecule has 1 aromatic carbocycles. The molecule has 0 amide bonds. The summed E-state index contributed by atoms with van der Waals surface area (Å²) >= 11 is 4.95. The van der Waals surface area contributed by atoms with Crippen LogP contribution in [0.15, 0.2) is 22.7 Å². The molecule has 1 heterocycles. The molecule has 0 aliphatic heterocycles. The Labute approximate surface area is 112 Å². The third kappa shape index (κ3) is 2.36. The number of benzene rings is 1. The first-order valence-corrected chi connectivity index (χ1v) is 6.86. The smallest absolute Gasteiger partial charge is 0.339 e. The number of carbonyl (C=O) groups excluding carboxylic acids is 1. The monoisotopic (exact) mass is 313 g/mol. The Morgan fingerprint density at radius 3 is 2.94 bits per heavy atom. The molecule has 0 saturated carbocycles. The van der Waals surface area contributed by atoms with Gasteiger partial charge < -0.3 is 10.5 Å². The molecule has 0 aliphatic rings. The van der Waals surface area contributed by atoms with Crippen molar-refractivity contribution in [3.05, 3.63) is 33.1 Å². The van der Waals surface area contributed by atoms with Gasteiger partial charge in [0.25, 0.3) is 0 Å². The molecule has 0 aliphatic carbocycles. The number of fused-ring (bicyclic) bond motifs is 1. The molecule has 2 N–H and O–H groups in total. The standard InChI is InChI=1S/C12H12BrNO2S/c1-2-16-12(15)11-8-5-7(13)3-4-9(8)17-10(11)6-14/h3-5H,2,6,14H2,1H3. The van der Waals surface area contributed by atoms with E-state index in [9.17, 15) is 4.79 Å². The van der Waals surface area contributed by atoms with E-state index in [2.05, 4.69) is 15.9 Å². The second kappa shape index (κ2) is 5.16. The van der Waals surface area contributed by atoms with Crippen LogP contribution >= 0.6 is 27.3 Å². The van der Waals surface area contributed by atoms with E-state index < -0.39 is 0 Å². The van der Waals surface area contributed by atoms with Crippen LogP contribution in [0.4, 0.5) is 0 Å². The minimum Gasteiger partial charge on any atom is -0.462 e. The highest BCUT2D eigenvalue weighted by Gasteiger charge is 2.19. The van der Waals surface area contributed by atoms with E-state index in [1.807, 2.05) is 18.2 Å². The Hall–Kier alpha value is -0.910. The van der Waals surface area contributed by atoms with Gasteiger partial charge in [-0.15, -0.1) is 11.3 Å². The fraction of sp³-hybridized carbons (Fsp3) is 0.250. The van der Waals surface area contributed by atoms with E-state index in [0.29, 0.717) is 18.7 Å². The van der Waals surface area contributed by atoms with E-state index in [1.54, 1.807) is 18.3 Å². The van der Waals surface area contributed by atoms with Gasteiger partial charge in [-0.05, 0) is 25.1 Å². The normalized spacial score (nSPS) is 10.8. The summed E-state index contributed by atoms with van der Waals surface area (Å²) in [6.07, 6.45) is 0. The molecule has 0 atom stereocenters. The third-order valence-corrected chi connectivity index (χ3v) is 4.07. The van der Waals surface area contributed by atoms with Crippen LogP contribution in [0, 0.1) is 0 Å². The lowest BCUT2D eigenvalue weighted by molar-refractivity contribution is 0.0528. The first-order valence-electron chi connectivity index (χ1n) is 5.25. The van der Waals surface area contributed by atoms with Gasteiger partial charge in [-0.2, -0.15) is 0 Å². The summed E-state index contributed by atoms with van der Waals surface area (Å²) in [5, 5.41) is 0.906. The zero-order chi connectivity index (χ0) is 12.4. The summed E-state index contributed by atoms with van der Waals surface area (Å²) in [7, 11) is 0. The summed E-state index contributed by atoms with van der Waals surface area (Å²) < 4.78 is 7.07. The van der Waals surface area contributed by atoms with E-state index in [0.717, 1.165) is 19.4 Å². The molecule has 5 heteroatoms. The lowest BCUT2D eigenvalue weighted by Crippen LogP contribution is -2.08. The van der Waals surface area contributed by atoms with Gasteiger partial charge in [-0.1, -0.05) is 15.9 Å². The van der Waals surface area contributed by atoms with Crippen molar-refractivity contribution in [3.8, 4) is 0 Å². The Bertz CT molecular complexity index is 565. The third-order valence-electron chi connectivity index (χ3n) is 2.39. The summed E-state index contributed by atoms with van der Waals surface area (Å²) in [6, 6.07) is 5.86. The number of halogens is 1. The quantitative estimate of drug-likeness (QED) is 0.885. The molecular formula is C12H12BrNO2S. The summed E-state index contributed by atoms with van der Waals surface area (Å²) in [4.78, 5) is 12.8. The minimum absolute atomic E-state index is 0.294. The fourth-order valence-electron chi connectivity index (χ4n) is 1.69. The predicted octanol–water partition coefficient (Wildman–Crippen LogP) is 3.30. The molecule has 3 nitrogen and oxygen atoms in total. The van der Waals surface area contributed by atoms with Gasteiger partial charge in [0.1, 0.15) is 0 Å². The van der Waals surface area contributed by atoms with Crippen molar-refractivity contribution in [2.45, 2.75) is 13.5 Å². The Morgan fingerprint density at radius 1 is 1.53 bits per heavy atom. The minimum atomic E-state index is -0.294. The van der Waals surface area contributed by atoms with Crippen LogP contribution in [-0.2, 0) is 11.3 Å². The first kappa shape index (κ1) is 12.5. The molecule has 0 fully saturated rings. The van der Waals surface area contributed by atoms with E-state index in [-0.39, 0.29) is 5.97 Å². The number of carbonyl (C=O) groups is 1. The lowest BCUT2D eigenvalue weighted by Gasteiger charge is -2.02. The fourth-order valence-corrected chi connectivity index (χ4v) is 3.10. The molecule has 0 saturated heterocycles. The van der Waals surface area contributed by atoms with Crippen LogP contribution in [0.1, 0.15) is 22.2 Å². The maximum absolute atomic E-state index is 11.9. The van der Waals surface area contributed by atoms with Crippen LogP contribution in [0.3, 0.4) is 0 Å². The van der Waals surface area contributed by atoms with Gasteiger partial charge in [0, 0.05) is 26.0 Å². The highest BCUT2D eigenvalue weighted by Crippen LogP contribution is 2.33. The molecule has 1 aromatic heterocycles. The zero-order valence-electron chi connectivity index (χ0n) is 9.33. The zero-order valence-corrected chi connectivity index (χ0v) is 11.7. The van der Waals surface area contributed by atoms with Crippen molar-refractivity contribution < 1.29 is 9.53 Å². The molecule has 0 spiro atoms. The van der Waals surface area contributed by atoms with Crippen molar-refractivity contribution in [1.82, 2.24) is 0 Å². The highest BCUT2D eigenvalue weighted by molar-refractivity contribution is 9.10. The Balaban J connectivity index is 2.64. The molecule has 17 heavy (non-hydrogen) atoms. The van der Waals surface area contributed by atoms with E-state index in [4.69, 9.17) is 10.5 Å². The topological polar surface area (TPSA) is 52.3 Å². The lowest BCUT2D eigenvalue weighted by atomic mass is 10.1. The summed E-state index contributed by atoms with van der Waals surface area (Å²) in [6.45, 7) is 2.52. The van der Waals surface area contributed by atoms with Crippen molar-refractivity contribution in [3.63, 3.8) is 0 Å². The molecule has 0 bridgehead atoms. The van der Waals surface area contributed by atoms with Gasteiger partial charge in [-0.3, -0.25) is 0 Å². The van der Waals surface area contributed by atoms with Gasteiger partial charge in [-0.25, -0.2) is 4.79 Å². The number of rotatable bonds is 3. The van der Waals surface area contributed by atoms with Crippen molar-refractivity contribution in [1.29, 1.82) is 0 Å². The van der Waals surface area contributed by atoms with Gasteiger partial charge in [0.2, 0.25) is 0 Å². The highest BCUT2D eigenvalue weighted by atomic mass is 79.9. The van der Waals surface area contributed by atoms with E-state index in [1.165, 1.54) is 0 Å². The van der Waals surface area contributed by atoms with Crippen LogP contribution in [0.2, 0.25) is 0 Å². The number of ether oxygens (including phenoxy) is 1. The van der Waals surface area contributed by atoms with Gasteiger partial charge in [0.15, 0.2) is 0 Å². The second-order valence-electron chi connectivity index (χ2n) is 3.47.